The number of Topliss-reactive ketones (excluding diaryl/α,β-unsaturated/α-hetero) is 2. The number of carbonyl (C=O) groups excluding carboxylic acids is 8. The van der Waals surface area contributed by atoms with Gasteiger partial charge in [-0.05, 0) is 64.3 Å². The van der Waals surface area contributed by atoms with Crippen LogP contribution in [0.3, 0.4) is 0 Å². The second-order valence-corrected chi connectivity index (χ2v) is 17.6. The van der Waals surface area contributed by atoms with Gasteiger partial charge in [0.1, 0.15) is 37.8 Å². The lowest BCUT2D eigenvalue weighted by molar-refractivity contribution is -0.157. The van der Waals surface area contributed by atoms with E-state index in [0.717, 1.165) is 0 Å². The summed E-state index contributed by atoms with van der Waals surface area (Å²) in [5, 5.41) is 8.15. The standard InChI is InChI=1S/C17H16O2.C16H27NO6S.C14H24O5S.2C2H7N.CH4/c1-2-17(18)19-11-16-14-9-5-3-7-12(14)13-8-4-6-10-15(13)16;1-5-14(19)17-13(11(4)18)10-24-9-12(23-16(21)7-3)8-22-15(20)6-2;1-5-13(16)18-7-12(19-14(17)6-2)9-20-8-10(3)11(4)15;2*1-3-2;/h3-10,16H,2,11H2,1H3;12-13H,5-10H2,1-4H3,(H,17,19);10,12H,5-9H2,1-4H3;2*3H,1-2H3;1H4/t;12-,13-;10-,12-;;;/m.00.../s1. The van der Waals surface area contributed by atoms with E-state index in [2.05, 4.69) is 52.3 Å². The van der Waals surface area contributed by atoms with E-state index in [0.29, 0.717) is 48.9 Å². The number of rotatable bonds is 25. The third-order valence-corrected chi connectivity index (χ3v) is 11.9. The lowest BCUT2D eigenvalue weighted by atomic mass is 9.98. The molecule has 0 spiro atoms. The van der Waals surface area contributed by atoms with Gasteiger partial charge in [-0.2, -0.15) is 23.5 Å². The zero-order valence-electron chi connectivity index (χ0n) is 43.3. The molecule has 0 aliphatic heterocycles. The van der Waals surface area contributed by atoms with Gasteiger partial charge in [-0.3, -0.25) is 38.4 Å². The molecular formula is C52H85N3O13S2. The van der Waals surface area contributed by atoms with Crippen LogP contribution >= 0.6 is 23.5 Å². The van der Waals surface area contributed by atoms with Crippen LogP contribution in [-0.2, 0) is 62.0 Å². The summed E-state index contributed by atoms with van der Waals surface area (Å²) in [5.74, 6) is 0.347. The van der Waals surface area contributed by atoms with Crippen LogP contribution < -0.4 is 16.0 Å². The van der Waals surface area contributed by atoms with Crippen molar-refractivity contribution in [3.63, 3.8) is 0 Å². The van der Waals surface area contributed by atoms with E-state index >= 15 is 0 Å². The Hall–Kier alpha value is -4.78. The average molecular weight is 1020 g/mol. The Balaban J connectivity index is -0.000000905. The van der Waals surface area contributed by atoms with Crippen LogP contribution in [0.15, 0.2) is 48.5 Å². The lowest BCUT2D eigenvalue weighted by Gasteiger charge is -2.19. The highest BCUT2D eigenvalue weighted by molar-refractivity contribution is 7.99. The summed E-state index contributed by atoms with van der Waals surface area (Å²) in [4.78, 5) is 90.6. The molecule has 3 rings (SSSR count). The van der Waals surface area contributed by atoms with Crippen molar-refractivity contribution >= 4 is 70.8 Å². The minimum Gasteiger partial charge on any atom is -0.465 e. The molecule has 2 aromatic carbocycles. The maximum absolute atomic E-state index is 11.6. The zero-order chi connectivity index (χ0) is 52.7. The van der Waals surface area contributed by atoms with Gasteiger partial charge in [0.25, 0.3) is 0 Å². The van der Waals surface area contributed by atoms with Gasteiger partial charge in [0.15, 0.2) is 5.78 Å². The molecule has 4 atom stereocenters. The normalized spacial score (nSPS) is 12.2. The number of fused-ring (bicyclic) bond motifs is 3. The molecule has 3 N–H and O–H groups in total. The number of ether oxygens (including phenoxy) is 5. The highest BCUT2D eigenvalue weighted by Gasteiger charge is 2.29. The Morgan fingerprint density at radius 3 is 1.26 bits per heavy atom. The third kappa shape index (κ3) is 31.4. The molecule has 18 heteroatoms. The molecule has 2 aromatic rings. The second kappa shape index (κ2) is 43.0. The molecule has 16 nitrogen and oxygen atoms in total. The molecule has 0 aromatic heterocycles. The number of thioether (sulfide) groups is 2. The molecule has 1 amide bonds. The summed E-state index contributed by atoms with van der Waals surface area (Å²) in [7, 11) is 7.50. The van der Waals surface area contributed by atoms with Gasteiger partial charge in [-0.25, -0.2) is 0 Å². The molecule has 0 bridgehead atoms. The summed E-state index contributed by atoms with van der Waals surface area (Å²) < 4.78 is 25.8. The predicted molar refractivity (Wildman–Crippen MR) is 282 cm³/mol. The summed E-state index contributed by atoms with van der Waals surface area (Å²) >= 11 is 2.88. The van der Waals surface area contributed by atoms with E-state index in [1.165, 1.54) is 52.7 Å². The molecule has 70 heavy (non-hydrogen) atoms. The lowest BCUT2D eigenvalue weighted by Crippen LogP contribution is -2.41. The highest BCUT2D eigenvalue weighted by atomic mass is 32.2. The van der Waals surface area contributed by atoms with Crippen molar-refractivity contribution in [1.82, 2.24) is 16.0 Å². The van der Waals surface area contributed by atoms with Crippen molar-refractivity contribution in [2.45, 2.75) is 132 Å². The molecule has 398 valence electrons. The number of amides is 1. The van der Waals surface area contributed by atoms with E-state index in [-0.39, 0.29) is 99.1 Å². The van der Waals surface area contributed by atoms with Crippen molar-refractivity contribution < 1.29 is 62.0 Å². The van der Waals surface area contributed by atoms with Gasteiger partial charge in [0, 0.05) is 73.4 Å². The number of benzene rings is 2. The number of carbonyl (C=O) groups is 8. The predicted octanol–water partition coefficient (Wildman–Crippen LogP) is 7.76. The first-order valence-electron chi connectivity index (χ1n) is 23.5. The van der Waals surface area contributed by atoms with Crippen molar-refractivity contribution in [2.75, 3.05) is 71.0 Å². The van der Waals surface area contributed by atoms with Gasteiger partial charge in [-0.15, -0.1) is 0 Å². The van der Waals surface area contributed by atoms with Crippen LogP contribution in [0.5, 0.6) is 0 Å². The van der Waals surface area contributed by atoms with Crippen molar-refractivity contribution in [1.29, 1.82) is 0 Å². The fraction of sp³-hybridized carbons (Fsp3) is 0.615. The van der Waals surface area contributed by atoms with Crippen molar-refractivity contribution in [2.24, 2.45) is 5.92 Å². The molecule has 0 fully saturated rings. The fourth-order valence-electron chi connectivity index (χ4n) is 5.43. The SMILES string of the molecule is C.CCC(=O)N[C@@H](CSC[C@H](COC(=O)CC)OC(=O)CC)C(C)=O.CCC(=O)OCC1c2ccccc2-c2ccccc21.CCC(=O)OC[C@@H](CSC[C@H](C)C(C)=O)OC(=O)CC.CNC.CNC. The molecule has 1 aliphatic rings. The van der Waals surface area contributed by atoms with E-state index in [9.17, 15) is 38.4 Å². The number of hydrogen-bond donors (Lipinski definition) is 3. The second-order valence-electron chi connectivity index (χ2n) is 15.4. The Bertz CT molecular complexity index is 1780. The number of esters is 5. The van der Waals surface area contributed by atoms with Gasteiger partial charge in [0.2, 0.25) is 5.91 Å². The average Bonchev–Trinajstić information content (AvgIpc) is 3.66. The number of nitrogens with one attached hydrogen (secondary N) is 3. The smallest absolute Gasteiger partial charge is 0.305 e. The molecule has 0 saturated heterocycles. The first-order chi connectivity index (χ1) is 32.9. The minimum absolute atomic E-state index is 0. The maximum atomic E-state index is 11.6. The molecule has 0 unspecified atom stereocenters. The van der Waals surface area contributed by atoms with Crippen LogP contribution in [0.2, 0.25) is 0 Å². The highest BCUT2D eigenvalue weighted by Crippen LogP contribution is 2.44. The van der Waals surface area contributed by atoms with Gasteiger partial charge < -0.3 is 39.6 Å². The minimum atomic E-state index is -0.580. The largest absolute Gasteiger partial charge is 0.465 e. The van der Waals surface area contributed by atoms with Crippen LogP contribution in [0.25, 0.3) is 11.1 Å². The van der Waals surface area contributed by atoms with Gasteiger partial charge >= 0.3 is 29.8 Å². The molecular weight excluding hydrogens is 939 g/mol. The number of ketones is 2. The van der Waals surface area contributed by atoms with Crippen LogP contribution in [0.1, 0.15) is 125 Å². The first kappa shape index (κ1) is 69.5. The van der Waals surface area contributed by atoms with Crippen LogP contribution in [0, 0.1) is 5.92 Å². The summed E-state index contributed by atoms with van der Waals surface area (Å²) in [5.41, 5.74) is 5.03. The topological polar surface area (TPSA) is 219 Å². The fourth-order valence-corrected chi connectivity index (χ4v) is 7.70. The summed E-state index contributed by atoms with van der Waals surface area (Å²) in [6.07, 6.45) is 0.751. The first-order valence-corrected chi connectivity index (χ1v) is 25.9. The van der Waals surface area contributed by atoms with Gasteiger partial charge in [0.05, 0.1) is 6.04 Å². The third-order valence-electron chi connectivity index (χ3n) is 9.37. The molecule has 1 aliphatic carbocycles. The molecule has 0 saturated carbocycles. The Kier molecular flexibility index (Phi) is 42.7. The Morgan fingerprint density at radius 1 is 0.529 bits per heavy atom. The van der Waals surface area contributed by atoms with Gasteiger partial charge in [-0.1, -0.05) is 104 Å². The number of hydrogen-bond acceptors (Lipinski definition) is 17. The molecule has 0 heterocycles. The van der Waals surface area contributed by atoms with Crippen molar-refractivity contribution in [3.8, 4) is 11.1 Å². The Labute approximate surface area is 427 Å². The van der Waals surface area contributed by atoms with Crippen LogP contribution in [0.4, 0.5) is 0 Å². The quantitative estimate of drug-likeness (QED) is 0.0639. The van der Waals surface area contributed by atoms with E-state index in [1.807, 2.05) is 54.2 Å². The van der Waals surface area contributed by atoms with E-state index in [4.69, 9.17) is 23.7 Å². The summed E-state index contributed by atoms with van der Waals surface area (Å²) in [6.45, 7) is 15.6. The van der Waals surface area contributed by atoms with E-state index < -0.39 is 18.2 Å². The van der Waals surface area contributed by atoms with E-state index in [1.54, 1.807) is 41.5 Å². The summed E-state index contributed by atoms with van der Waals surface area (Å²) in [6, 6.07) is 16.1. The Morgan fingerprint density at radius 2 is 0.900 bits per heavy atom. The zero-order valence-corrected chi connectivity index (χ0v) is 45.0. The maximum Gasteiger partial charge on any atom is 0.305 e. The monoisotopic (exact) mass is 1020 g/mol. The molecule has 0 radical (unpaired) electrons. The van der Waals surface area contributed by atoms with Crippen molar-refractivity contribution in [3.05, 3.63) is 59.7 Å². The van der Waals surface area contributed by atoms with Crippen LogP contribution in [-0.4, -0.2) is 137 Å².